The van der Waals surface area contributed by atoms with Crippen LogP contribution in [0.2, 0.25) is 0 Å². The lowest BCUT2D eigenvalue weighted by Crippen LogP contribution is -2.23. The van der Waals surface area contributed by atoms with Crippen LogP contribution in [0.25, 0.3) is 0 Å². The molecule has 0 heterocycles. The van der Waals surface area contributed by atoms with Gasteiger partial charge in [0.2, 0.25) is 0 Å². The Morgan fingerprint density at radius 2 is 1.04 bits per heavy atom. The Morgan fingerprint density at radius 3 is 1.43 bits per heavy atom. The predicted octanol–water partition coefficient (Wildman–Crippen LogP) is 5.28. The molecule has 0 aliphatic carbocycles. The molecule has 0 aliphatic rings. The first-order valence-corrected chi connectivity index (χ1v) is 8.71. The van der Waals surface area contributed by atoms with Gasteiger partial charge in [-0.2, -0.15) is 0 Å². The molecular formula is C19H34O4. The number of rotatable bonds is 13. The minimum Gasteiger partial charge on any atom is -0.481 e. The molecule has 0 bridgehead atoms. The highest BCUT2D eigenvalue weighted by molar-refractivity contribution is 5.73. The quantitative estimate of drug-likeness (QED) is 0.357. The van der Waals surface area contributed by atoms with Crippen molar-refractivity contribution in [1.29, 1.82) is 0 Å². The zero-order valence-corrected chi connectivity index (χ0v) is 15.2. The van der Waals surface area contributed by atoms with Crippen LogP contribution < -0.4 is 0 Å². The van der Waals surface area contributed by atoms with Gasteiger partial charge < -0.3 is 10.2 Å². The Hall–Kier alpha value is -1.32. The normalized spacial score (nSPS) is 12.7. The number of hydrogen-bond acceptors (Lipinski definition) is 2. The van der Waals surface area contributed by atoms with E-state index in [4.69, 9.17) is 10.2 Å². The van der Waals surface area contributed by atoms with Gasteiger partial charge in [-0.25, -0.2) is 0 Å². The van der Waals surface area contributed by atoms with Gasteiger partial charge >= 0.3 is 11.9 Å². The molecule has 0 aliphatic heterocycles. The molecule has 0 fully saturated rings. The van der Waals surface area contributed by atoms with Gasteiger partial charge in [0.25, 0.3) is 0 Å². The van der Waals surface area contributed by atoms with E-state index < -0.39 is 22.8 Å². The summed E-state index contributed by atoms with van der Waals surface area (Å²) in [6, 6.07) is 0. The zero-order valence-electron chi connectivity index (χ0n) is 15.2. The van der Waals surface area contributed by atoms with Crippen molar-refractivity contribution in [2.24, 2.45) is 10.8 Å². The Morgan fingerprint density at radius 1 is 0.696 bits per heavy atom. The van der Waals surface area contributed by atoms with E-state index in [2.05, 4.69) is 12.2 Å². The number of allylic oxidation sites excluding steroid dienone is 2. The van der Waals surface area contributed by atoms with Gasteiger partial charge in [-0.15, -0.1) is 0 Å². The van der Waals surface area contributed by atoms with Crippen molar-refractivity contribution < 1.29 is 19.8 Å². The molecule has 0 unspecified atom stereocenters. The summed E-state index contributed by atoms with van der Waals surface area (Å²) >= 11 is 0. The summed E-state index contributed by atoms with van der Waals surface area (Å²) in [6.45, 7) is 7.11. The zero-order chi connectivity index (χ0) is 17.9. The molecule has 4 nitrogen and oxygen atoms in total. The molecule has 0 aromatic rings. The average molecular weight is 326 g/mol. The monoisotopic (exact) mass is 326 g/mol. The smallest absolute Gasteiger partial charge is 0.309 e. The molecule has 0 amide bonds. The van der Waals surface area contributed by atoms with E-state index in [1.165, 1.54) is 0 Å². The number of hydrogen-bond donors (Lipinski definition) is 2. The third-order valence-electron chi connectivity index (χ3n) is 4.42. The molecule has 0 rings (SSSR count). The van der Waals surface area contributed by atoms with Crippen LogP contribution in [0.5, 0.6) is 0 Å². The molecule has 0 spiro atoms. The second-order valence-corrected chi connectivity index (χ2v) is 7.69. The van der Waals surface area contributed by atoms with Crippen LogP contribution >= 0.6 is 0 Å². The summed E-state index contributed by atoms with van der Waals surface area (Å²) in [5, 5.41) is 18.0. The molecule has 0 aromatic heterocycles. The maximum absolute atomic E-state index is 11.0. The number of carboxylic acid groups (broad SMARTS) is 2. The second kappa shape index (κ2) is 10.5. The number of unbranched alkanes of at least 4 members (excludes halogenated alkanes) is 5. The van der Waals surface area contributed by atoms with Gasteiger partial charge in [-0.3, -0.25) is 9.59 Å². The lowest BCUT2D eigenvalue weighted by molar-refractivity contribution is -0.148. The highest BCUT2D eigenvalue weighted by Gasteiger charge is 2.26. The highest BCUT2D eigenvalue weighted by atomic mass is 16.4. The van der Waals surface area contributed by atoms with Crippen LogP contribution in [-0.4, -0.2) is 22.2 Å². The Bertz CT molecular complexity index is 394. The molecule has 2 N–H and O–H groups in total. The van der Waals surface area contributed by atoms with Crippen LogP contribution in [-0.2, 0) is 9.59 Å². The Balaban J connectivity index is 3.56. The third kappa shape index (κ3) is 10.1. The van der Waals surface area contributed by atoms with Crippen molar-refractivity contribution in [2.45, 2.75) is 85.5 Å². The minimum absolute atomic E-state index is 0.612. The van der Waals surface area contributed by atoms with Crippen molar-refractivity contribution in [3.63, 3.8) is 0 Å². The largest absolute Gasteiger partial charge is 0.481 e. The average Bonchev–Trinajstić information content (AvgIpc) is 2.44. The maximum atomic E-state index is 11.0. The molecule has 4 heteroatoms. The van der Waals surface area contributed by atoms with E-state index >= 15 is 0 Å². The SMILES string of the molecule is CC(C)(CCCCC=CCCCCCC(C)(C)C(=O)O)C(=O)O. The fourth-order valence-electron chi connectivity index (χ4n) is 2.28. The topological polar surface area (TPSA) is 74.6 Å². The van der Waals surface area contributed by atoms with E-state index in [1.807, 2.05) is 0 Å². The Kier molecular flexibility index (Phi) is 9.85. The first kappa shape index (κ1) is 21.7. The van der Waals surface area contributed by atoms with E-state index in [0.717, 1.165) is 57.8 Å². The van der Waals surface area contributed by atoms with E-state index in [-0.39, 0.29) is 0 Å². The maximum Gasteiger partial charge on any atom is 0.309 e. The van der Waals surface area contributed by atoms with Gasteiger partial charge in [-0.1, -0.05) is 31.4 Å². The minimum atomic E-state index is -0.723. The van der Waals surface area contributed by atoms with Gasteiger partial charge in [0, 0.05) is 0 Å². The van der Waals surface area contributed by atoms with Crippen molar-refractivity contribution in [1.82, 2.24) is 0 Å². The third-order valence-corrected chi connectivity index (χ3v) is 4.42. The van der Waals surface area contributed by atoms with E-state index in [9.17, 15) is 9.59 Å². The van der Waals surface area contributed by atoms with E-state index in [1.54, 1.807) is 27.7 Å². The molecule has 0 aromatic carbocycles. The van der Waals surface area contributed by atoms with Crippen LogP contribution in [0.1, 0.15) is 85.5 Å². The van der Waals surface area contributed by atoms with E-state index in [0.29, 0.717) is 0 Å². The molecular weight excluding hydrogens is 292 g/mol. The first-order valence-electron chi connectivity index (χ1n) is 8.71. The Labute approximate surface area is 141 Å². The molecule has 0 atom stereocenters. The van der Waals surface area contributed by atoms with Gasteiger partial charge in [-0.05, 0) is 66.2 Å². The number of aliphatic carboxylic acids is 2. The summed E-state index contributed by atoms with van der Waals surface area (Å²) < 4.78 is 0. The van der Waals surface area contributed by atoms with Gasteiger partial charge in [0.15, 0.2) is 0 Å². The molecule has 0 saturated carbocycles. The second-order valence-electron chi connectivity index (χ2n) is 7.69. The fourth-order valence-corrected chi connectivity index (χ4v) is 2.28. The lowest BCUT2D eigenvalue weighted by Gasteiger charge is -2.18. The van der Waals surface area contributed by atoms with Crippen molar-refractivity contribution in [3.05, 3.63) is 12.2 Å². The van der Waals surface area contributed by atoms with Crippen LogP contribution in [0.3, 0.4) is 0 Å². The van der Waals surface area contributed by atoms with Crippen molar-refractivity contribution in [3.8, 4) is 0 Å². The molecule has 23 heavy (non-hydrogen) atoms. The lowest BCUT2D eigenvalue weighted by atomic mass is 9.87. The predicted molar refractivity (Wildman–Crippen MR) is 93.5 cm³/mol. The highest BCUT2D eigenvalue weighted by Crippen LogP contribution is 2.24. The standard InChI is InChI=1S/C19H34O4/c1-18(2,16(20)21)14-12-10-8-6-5-7-9-11-13-15-19(3,4)17(22)23/h5-6H,7-15H2,1-4H3,(H,20,21)(H,22,23). The van der Waals surface area contributed by atoms with Crippen LogP contribution in [0.4, 0.5) is 0 Å². The van der Waals surface area contributed by atoms with Crippen LogP contribution in [0.15, 0.2) is 12.2 Å². The number of carboxylic acids is 2. The molecule has 0 radical (unpaired) electrons. The number of carbonyl (C=O) groups is 2. The van der Waals surface area contributed by atoms with Crippen molar-refractivity contribution >= 4 is 11.9 Å². The first-order chi connectivity index (χ1) is 10.6. The summed E-state index contributed by atoms with van der Waals surface area (Å²) in [5.41, 5.74) is -1.23. The summed E-state index contributed by atoms with van der Waals surface area (Å²) in [7, 11) is 0. The summed E-state index contributed by atoms with van der Waals surface area (Å²) in [6.07, 6.45) is 12.9. The fraction of sp³-hybridized carbons (Fsp3) is 0.789. The summed E-state index contributed by atoms with van der Waals surface area (Å²) in [4.78, 5) is 21.9. The molecule has 0 saturated heterocycles. The van der Waals surface area contributed by atoms with Gasteiger partial charge in [0.05, 0.1) is 10.8 Å². The van der Waals surface area contributed by atoms with Gasteiger partial charge in [0.1, 0.15) is 0 Å². The van der Waals surface area contributed by atoms with Crippen molar-refractivity contribution in [2.75, 3.05) is 0 Å². The van der Waals surface area contributed by atoms with Crippen LogP contribution in [0, 0.1) is 10.8 Å². The summed E-state index contributed by atoms with van der Waals surface area (Å²) in [5.74, 6) is -1.44. The molecule has 134 valence electrons.